The summed E-state index contributed by atoms with van der Waals surface area (Å²) >= 11 is 1.46. The van der Waals surface area contributed by atoms with Gasteiger partial charge >= 0.3 is 0 Å². The number of benzene rings is 1. The molecule has 1 N–H and O–H groups in total. The summed E-state index contributed by atoms with van der Waals surface area (Å²) < 4.78 is 5.04. The first-order chi connectivity index (χ1) is 8.29. The molecule has 0 atom stereocenters. The Balaban J connectivity index is 1.90. The maximum Gasteiger partial charge on any atom is 0.173 e. The van der Waals surface area contributed by atoms with Gasteiger partial charge in [0.25, 0.3) is 0 Å². The SMILES string of the molecule is COc1ccc(C(=O)CSC2=NCCN2)cc1. The van der Waals surface area contributed by atoms with E-state index in [1.807, 2.05) is 0 Å². The predicted octanol–water partition coefficient (Wildman–Crippen LogP) is 1.57. The molecule has 1 aliphatic heterocycles. The standard InChI is InChI=1S/C12H14N2O2S/c1-16-10-4-2-9(3-5-10)11(15)8-17-12-13-6-7-14-12/h2-5H,6-8H2,1H3,(H,13,14). The maximum atomic E-state index is 11.9. The van der Waals surface area contributed by atoms with Gasteiger partial charge in [-0.3, -0.25) is 9.79 Å². The zero-order valence-corrected chi connectivity index (χ0v) is 10.4. The lowest BCUT2D eigenvalue weighted by atomic mass is 10.1. The van der Waals surface area contributed by atoms with E-state index in [1.165, 1.54) is 11.8 Å². The van der Waals surface area contributed by atoms with Gasteiger partial charge in [0.15, 0.2) is 11.0 Å². The van der Waals surface area contributed by atoms with Crippen molar-refractivity contribution in [2.75, 3.05) is 26.0 Å². The van der Waals surface area contributed by atoms with Gasteiger partial charge in [0.05, 0.1) is 19.4 Å². The van der Waals surface area contributed by atoms with Crippen LogP contribution < -0.4 is 10.1 Å². The molecule has 1 aromatic carbocycles. The number of ketones is 1. The molecule has 0 radical (unpaired) electrons. The van der Waals surface area contributed by atoms with E-state index in [4.69, 9.17) is 4.74 Å². The van der Waals surface area contributed by atoms with Crippen molar-refractivity contribution in [3.8, 4) is 5.75 Å². The van der Waals surface area contributed by atoms with Gasteiger partial charge in [0, 0.05) is 12.1 Å². The molecule has 0 aromatic heterocycles. The Morgan fingerprint density at radius 2 is 2.24 bits per heavy atom. The van der Waals surface area contributed by atoms with Gasteiger partial charge in [-0.2, -0.15) is 0 Å². The number of nitrogens with one attached hydrogen (secondary N) is 1. The summed E-state index contributed by atoms with van der Waals surface area (Å²) in [6.07, 6.45) is 0. The molecule has 0 spiro atoms. The third kappa shape index (κ3) is 3.23. The number of methoxy groups -OCH3 is 1. The molecule has 1 aliphatic rings. The summed E-state index contributed by atoms with van der Waals surface area (Å²) in [4.78, 5) is 16.1. The number of thioether (sulfide) groups is 1. The van der Waals surface area contributed by atoms with Gasteiger partial charge in [-0.1, -0.05) is 11.8 Å². The highest BCUT2D eigenvalue weighted by Gasteiger charge is 2.10. The molecule has 0 amide bonds. The topological polar surface area (TPSA) is 50.7 Å². The third-order valence-corrected chi connectivity index (χ3v) is 3.35. The quantitative estimate of drug-likeness (QED) is 0.824. The predicted molar refractivity (Wildman–Crippen MR) is 70.1 cm³/mol. The van der Waals surface area contributed by atoms with Crippen LogP contribution in [0.4, 0.5) is 0 Å². The van der Waals surface area contributed by atoms with Crippen LogP contribution in [0.3, 0.4) is 0 Å². The Hall–Kier alpha value is -1.49. The van der Waals surface area contributed by atoms with Gasteiger partial charge in [-0.05, 0) is 24.3 Å². The first-order valence-electron chi connectivity index (χ1n) is 5.38. The van der Waals surface area contributed by atoms with Crippen LogP contribution in [0.15, 0.2) is 29.3 Å². The first-order valence-corrected chi connectivity index (χ1v) is 6.36. The highest BCUT2D eigenvalue weighted by molar-refractivity contribution is 8.14. The Morgan fingerprint density at radius 3 is 2.82 bits per heavy atom. The molecule has 4 nitrogen and oxygen atoms in total. The number of aliphatic imine (C=N–C) groups is 1. The molecule has 17 heavy (non-hydrogen) atoms. The number of carbonyl (C=O) groups is 1. The summed E-state index contributed by atoms with van der Waals surface area (Å²) in [6, 6.07) is 7.16. The zero-order valence-electron chi connectivity index (χ0n) is 9.60. The fraction of sp³-hybridized carbons (Fsp3) is 0.333. The van der Waals surface area contributed by atoms with Crippen molar-refractivity contribution < 1.29 is 9.53 Å². The number of hydrogen-bond donors (Lipinski definition) is 1. The highest BCUT2D eigenvalue weighted by atomic mass is 32.2. The molecule has 2 rings (SSSR count). The fourth-order valence-corrected chi connectivity index (χ4v) is 2.29. The first kappa shape index (κ1) is 12.0. The molecule has 0 saturated heterocycles. The second-order valence-electron chi connectivity index (χ2n) is 3.55. The molecule has 1 aromatic rings. The molecule has 5 heteroatoms. The molecule has 0 unspecified atom stereocenters. The number of amidine groups is 1. The normalized spacial score (nSPS) is 14.1. The lowest BCUT2D eigenvalue weighted by molar-refractivity contribution is 0.102. The maximum absolute atomic E-state index is 11.9. The van der Waals surface area contributed by atoms with Crippen molar-refractivity contribution in [3.05, 3.63) is 29.8 Å². The van der Waals surface area contributed by atoms with Gasteiger partial charge in [0.2, 0.25) is 0 Å². The van der Waals surface area contributed by atoms with E-state index in [2.05, 4.69) is 10.3 Å². The number of nitrogens with zero attached hydrogens (tertiary/aromatic N) is 1. The van der Waals surface area contributed by atoms with E-state index >= 15 is 0 Å². The lowest BCUT2D eigenvalue weighted by Gasteiger charge is -2.03. The molecule has 0 saturated carbocycles. The van der Waals surface area contributed by atoms with Crippen molar-refractivity contribution in [3.63, 3.8) is 0 Å². The summed E-state index contributed by atoms with van der Waals surface area (Å²) in [5.41, 5.74) is 0.705. The molecule has 0 aliphatic carbocycles. The van der Waals surface area contributed by atoms with Gasteiger partial charge in [0.1, 0.15) is 5.75 Å². The van der Waals surface area contributed by atoms with Crippen LogP contribution in [0.1, 0.15) is 10.4 Å². The summed E-state index contributed by atoms with van der Waals surface area (Å²) in [6.45, 7) is 1.68. The van der Waals surface area contributed by atoms with Crippen LogP contribution in [0.2, 0.25) is 0 Å². The van der Waals surface area contributed by atoms with Crippen LogP contribution >= 0.6 is 11.8 Å². The van der Waals surface area contributed by atoms with Crippen molar-refractivity contribution >= 4 is 22.7 Å². The van der Waals surface area contributed by atoms with E-state index in [9.17, 15) is 4.79 Å². The lowest BCUT2D eigenvalue weighted by Crippen LogP contribution is -2.17. The van der Waals surface area contributed by atoms with Crippen molar-refractivity contribution in [1.29, 1.82) is 0 Å². The summed E-state index contributed by atoms with van der Waals surface area (Å²) in [5, 5.41) is 3.99. The van der Waals surface area contributed by atoms with E-state index in [1.54, 1.807) is 31.4 Å². The van der Waals surface area contributed by atoms with E-state index in [0.29, 0.717) is 11.3 Å². The van der Waals surface area contributed by atoms with Crippen molar-refractivity contribution in [2.45, 2.75) is 0 Å². The molecule has 0 bridgehead atoms. The van der Waals surface area contributed by atoms with Crippen LogP contribution in [0.25, 0.3) is 0 Å². The molecular weight excluding hydrogens is 236 g/mol. The minimum absolute atomic E-state index is 0.106. The summed E-state index contributed by atoms with van der Waals surface area (Å²) in [5.74, 6) is 1.28. The molecule has 90 valence electrons. The Labute approximate surface area is 104 Å². The Bertz CT molecular complexity index is 429. The van der Waals surface area contributed by atoms with Crippen LogP contribution in [-0.4, -0.2) is 36.9 Å². The number of rotatable bonds is 4. The van der Waals surface area contributed by atoms with Gasteiger partial charge < -0.3 is 10.1 Å². The largest absolute Gasteiger partial charge is 0.497 e. The molecule has 0 fully saturated rings. The number of hydrogen-bond acceptors (Lipinski definition) is 5. The molecule has 1 heterocycles. The summed E-state index contributed by atoms with van der Waals surface area (Å²) in [7, 11) is 1.61. The average Bonchev–Trinajstić information content (AvgIpc) is 2.89. The Morgan fingerprint density at radius 1 is 1.47 bits per heavy atom. The fourth-order valence-electron chi connectivity index (χ4n) is 1.47. The van der Waals surface area contributed by atoms with Gasteiger partial charge in [-0.25, -0.2) is 0 Å². The molecular formula is C12H14N2O2S. The van der Waals surface area contributed by atoms with Gasteiger partial charge in [-0.15, -0.1) is 0 Å². The minimum Gasteiger partial charge on any atom is -0.497 e. The smallest absolute Gasteiger partial charge is 0.173 e. The van der Waals surface area contributed by atoms with Crippen LogP contribution in [0, 0.1) is 0 Å². The third-order valence-electron chi connectivity index (χ3n) is 2.40. The number of Topliss-reactive ketones (excluding diaryl/α,β-unsaturated/α-hetero) is 1. The second kappa shape index (κ2) is 5.72. The van der Waals surface area contributed by atoms with Crippen molar-refractivity contribution in [1.82, 2.24) is 5.32 Å². The highest BCUT2D eigenvalue weighted by Crippen LogP contribution is 2.14. The average molecular weight is 250 g/mol. The van der Waals surface area contributed by atoms with Crippen LogP contribution in [0.5, 0.6) is 5.75 Å². The zero-order chi connectivity index (χ0) is 12.1. The number of ether oxygens (including phenoxy) is 1. The minimum atomic E-state index is 0.106. The van der Waals surface area contributed by atoms with E-state index < -0.39 is 0 Å². The van der Waals surface area contributed by atoms with Crippen LogP contribution in [-0.2, 0) is 0 Å². The number of carbonyl (C=O) groups excluding carboxylic acids is 1. The Kier molecular flexibility index (Phi) is 4.03. The second-order valence-corrected chi connectivity index (χ2v) is 4.52. The van der Waals surface area contributed by atoms with Crippen molar-refractivity contribution in [2.24, 2.45) is 4.99 Å². The van der Waals surface area contributed by atoms with E-state index in [0.717, 1.165) is 24.0 Å². The van der Waals surface area contributed by atoms with E-state index in [-0.39, 0.29) is 5.78 Å². The monoisotopic (exact) mass is 250 g/mol.